The molecule has 3 rings (SSSR count). The minimum Gasteiger partial charge on any atom is -0.497 e. The number of nitrogens with two attached hydrogens (primary N) is 1. The van der Waals surface area contributed by atoms with Crippen LogP contribution in [0.5, 0.6) is 5.75 Å². The largest absolute Gasteiger partial charge is 0.497 e. The van der Waals surface area contributed by atoms with Gasteiger partial charge in [0.2, 0.25) is 5.88 Å². The summed E-state index contributed by atoms with van der Waals surface area (Å²) in [6.07, 6.45) is 2.30. The van der Waals surface area contributed by atoms with E-state index in [2.05, 4.69) is 28.5 Å². The molecule has 1 atom stereocenters. The lowest BCUT2D eigenvalue weighted by atomic mass is 10.0. The van der Waals surface area contributed by atoms with Crippen molar-refractivity contribution in [1.82, 2.24) is 19.0 Å². The van der Waals surface area contributed by atoms with Crippen molar-refractivity contribution in [3.05, 3.63) is 35.7 Å². The zero-order valence-electron chi connectivity index (χ0n) is 21.5. The Morgan fingerprint density at radius 1 is 1.14 bits per heavy atom. The van der Waals surface area contributed by atoms with Crippen molar-refractivity contribution in [2.45, 2.75) is 37.6 Å². The fraction of sp³-hybridized carbons (Fsp3) is 0.583. The molecule has 0 saturated carbocycles. The molecule has 2 heterocycles. The molecule has 1 amide bonds. The van der Waals surface area contributed by atoms with Gasteiger partial charge in [0, 0.05) is 39.3 Å². The number of hydrogen-bond acceptors (Lipinski definition) is 8. The van der Waals surface area contributed by atoms with Crippen LogP contribution in [0.4, 0.5) is 0 Å². The third-order valence-corrected chi connectivity index (χ3v) is 8.46. The van der Waals surface area contributed by atoms with Crippen LogP contribution in [-0.4, -0.2) is 102 Å². The average Bonchev–Trinajstić information content (AvgIpc) is 2.86. The number of piperazine rings is 1. The SMILES string of the molecule is C=C(OC(=NN)C(=O)N1CCN(C2CCN(C)CC2)CC1)N(C)S(=O)c1c(C)cc(OC)cc1C. The highest BCUT2D eigenvalue weighted by molar-refractivity contribution is 7.82. The maximum atomic E-state index is 13.3. The zero-order chi connectivity index (χ0) is 25.7. The summed E-state index contributed by atoms with van der Waals surface area (Å²) in [6.45, 7) is 12.6. The first kappa shape index (κ1) is 27.0. The number of methoxy groups -OCH3 is 1. The molecule has 0 aromatic heterocycles. The molecule has 35 heavy (non-hydrogen) atoms. The third-order valence-electron chi connectivity index (χ3n) is 6.76. The molecule has 11 heteroatoms. The van der Waals surface area contributed by atoms with E-state index in [0.29, 0.717) is 29.8 Å². The fourth-order valence-corrected chi connectivity index (χ4v) is 5.78. The van der Waals surface area contributed by atoms with Crippen LogP contribution < -0.4 is 10.6 Å². The van der Waals surface area contributed by atoms with Crippen LogP contribution in [0.3, 0.4) is 0 Å². The van der Waals surface area contributed by atoms with Gasteiger partial charge in [0.15, 0.2) is 11.0 Å². The standard InChI is InChI=1S/C24H38N6O4S/c1-17-15-21(33-6)16-18(2)22(17)35(32)28(5)19(3)34-23(26-25)24(31)30-13-11-29(12-14-30)20-7-9-27(4)10-8-20/h15-16,20H,3,7-14,25H2,1-2,4-6H3. The normalized spacial score (nSPS) is 19.3. The van der Waals surface area contributed by atoms with Gasteiger partial charge >= 0.3 is 11.8 Å². The molecule has 1 unspecified atom stereocenters. The Kier molecular flexibility index (Phi) is 9.15. The minimum absolute atomic E-state index is 0.0143. The molecule has 0 spiro atoms. The number of benzene rings is 1. The van der Waals surface area contributed by atoms with Gasteiger partial charge in [-0.2, -0.15) is 0 Å². The Morgan fingerprint density at radius 3 is 2.23 bits per heavy atom. The summed E-state index contributed by atoms with van der Waals surface area (Å²) in [5.41, 5.74) is 1.62. The molecule has 0 bridgehead atoms. The molecule has 0 radical (unpaired) electrons. The first-order valence-electron chi connectivity index (χ1n) is 11.8. The van der Waals surface area contributed by atoms with Gasteiger partial charge in [-0.15, -0.1) is 5.10 Å². The number of rotatable bonds is 6. The van der Waals surface area contributed by atoms with Gasteiger partial charge < -0.3 is 25.1 Å². The van der Waals surface area contributed by atoms with E-state index in [4.69, 9.17) is 15.3 Å². The predicted octanol–water partition coefficient (Wildman–Crippen LogP) is 1.26. The van der Waals surface area contributed by atoms with Crippen LogP contribution in [-0.2, 0) is 20.5 Å². The number of aryl methyl sites for hydroxylation is 2. The highest BCUT2D eigenvalue weighted by atomic mass is 32.2. The van der Waals surface area contributed by atoms with Gasteiger partial charge in [-0.3, -0.25) is 14.0 Å². The second kappa shape index (κ2) is 11.9. The van der Waals surface area contributed by atoms with Crippen molar-refractivity contribution >= 4 is 22.8 Å². The maximum absolute atomic E-state index is 13.3. The summed E-state index contributed by atoms with van der Waals surface area (Å²) in [4.78, 5) is 20.2. The summed E-state index contributed by atoms with van der Waals surface area (Å²) >= 11 is 0. The van der Waals surface area contributed by atoms with Crippen LogP contribution >= 0.6 is 0 Å². The Balaban J connectivity index is 1.58. The summed E-state index contributed by atoms with van der Waals surface area (Å²) < 4.78 is 25.5. The van der Waals surface area contributed by atoms with E-state index in [1.807, 2.05) is 26.0 Å². The van der Waals surface area contributed by atoms with Crippen LogP contribution in [0, 0.1) is 13.8 Å². The number of nitrogens with zero attached hydrogens (tertiary/aromatic N) is 5. The monoisotopic (exact) mass is 506 g/mol. The van der Waals surface area contributed by atoms with Crippen molar-refractivity contribution in [2.24, 2.45) is 10.9 Å². The van der Waals surface area contributed by atoms with Crippen LogP contribution in [0.15, 0.2) is 34.6 Å². The molecule has 2 fully saturated rings. The van der Waals surface area contributed by atoms with Gasteiger partial charge in [-0.1, -0.05) is 0 Å². The molecular formula is C24H38N6O4S. The number of hydrogen-bond donors (Lipinski definition) is 1. The van der Waals surface area contributed by atoms with Crippen LogP contribution in [0.1, 0.15) is 24.0 Å². The van der Waals surface area contributed by atoms with E-state index in [0.717, 1.165) is 50.1 Å². The molecule has 2 saturated heterocycles. The minimum atomic E-state index is -1.62. The molecule has 194 valence electrons. The summed E-state index contributed by atoms with van der Waals surface area (Å²) in [5, 5.41) is 3.57. The molecule has 2 aliphatic rings. The number of ether oxygens (including phenoxy) is 2. The molecule has 1 aromatic carbocycles. The van der Waals surface area contributed by atoms with E-state index in [1.165, 1.54) is 4.31 Å². The molecular weight excluding hydrogens is 468 g/mol. The third kappa shape index (κ3) is 6.33. The molecule has 1 aromatic rings. The van der Waals surface area contributed by atoms with Gasteiger partial charge in [0.25, 0.3) is 0 Å². The first-order valence-corrected chi connectivity index (χ1v) is 12.9. The summed E-state index contributed by atoms with van der Waals surface area (Å²) in [5.74, 6) is 5.55. The Hall–Kier alpha value is -2.63. The van der Waals surface area contributed by atoms with E-state index in [-0.39, 0.29) is 11.8 Å². The molecule has 0 aliphatic carbocycles. The smallest absolute Gasteiger partial charge is 0.311 e. The van der Waals surface area contributed by atoms with Gasteiger partial charge in [0.1, 0.15) is 5.75 Å². The number of amides is 1. The number of hydrazone groups is 1. The quantitative estimate of drug-likeness (QED) is 0.204. The zero-order valence-corrected chi connectivity index (χ0v) is 22.3. The van der Waals surface area contributed by atoms with Gasteiger partial charge in [-0.25, -0.2) is 4.21 Å². The first-order chi connectivity index (χ1) is 16.7. The summed E-state index contributed by atoms with van der Waals surface area (Å²) in [6, 6.07) is 4.20. The van der Waals surface area contributed by atoms with Gasteiger partial charge in [0.05, 0.1) is 12.0 Å². The lowest BCUT2D eigenvalue weighted by Crippen LogP contribution is -2.55. The van der Waals surface area contributed by atoms with Crippen LogP contribution in [0.2, 0.25) is 0 Å². The van der Waals surface area contributed by atoms with Crippen molar-refractivity contribution in [2.75, 3.05) is 60.5 Å². The maximum Gasteiger partial charge on any atom is 0.311 e. The van der Waals surface area contributed by atoms with Gasteiger partial charge in [-0.05, 0) is 76.7 Å². The van der Waals surface area contributed by atoms with E-state index >= 15 is 0 Å². The lowest BCUT2D eigenvalue weighted by molar-refractivity contribution is -0.127. The van der Waals surface area contributed by atoms with Crippen molar-refractivity contribution < 1.29 is 18.5 Å². The molecule has 2 aliphatic heterocycles. The topological polar surface area (TPSA) is 104 Å². The average molecular weight is 507 g/mol. The van der Waals surface area contributed by atoms with Crippen molar-refractivity contribution in [3.63, 3.8) is 0 Å². The number of carbonyl (C=O) groups is 1. The highest BCUT2D eigenvalue weighted by Crippen LogP contribution is 2.27. The number of carbonyl (C=O) groups excluding carboxylic acids is 1. The highest BCUT2D eigenvalue weighted by Gasteiger charge is 2.31. The Morgan fingerprint density at radius 2 is 1.71 bits per heavy atom. The van der Waals surface area contributed by atoms with Crippen molar-refractivity contribution in [1.29, 1.82) is 0 Å². The molecule has 2 N–H and O–H groups in total. The second-order valence-electron chi connectivity index (χ2n) is 9.13. The number of piperidine rings is 1. The van der Waals surface area contributed by atoms with E-state index in [9.17, 15) is 9.00 Å². The second-order valence-corrected chi connectivity index (χ2v) is 10.6. The lowest BCUT2D eigenvalue weighted by Gasteiger charge is -2.42. The van der Waals surface area contributed by atoms with E-state index < -0.39 is 16.9 Å². The van der Waals surface area contributed by atoms with E-state index in [1.54, 1.807) is 19.1 Å². The fourth-order valence-electron chi connectivity index (χ4n) is 4.62. The van der Waals surface area contributed by atoms with Crippen LogP contribution in [0.25, 0.3) is 0 Å². The predicted molar refractivity (Wildman–Crippen MR) is 137 cm³/mol. The van der Waals surface area contributed by atoms with Crippen molar-refractivity contribution in [3.8, 4) is 5.75 Å². The Bertz CT molecular complexity index is 961. The Labute approximate surface area is 210 Å². The molecule has 10 nitrogen and oxygen atoms in total. The summed E-state index contributed by atoms with van der Waals surface area (Å²) in [7, 11) is 3.71. The number of likely N-dealkylation sites (tertiary alicyclic amines) is 1.